The van der Waals surface area contributed by atoms with Crippen molar-refractivity contribution in [3.8, 4) is 0 Å². The molecule has 0 saturated heterocycles. The SMILES string of the molecule is C=C/C=C(\C=C)C(=O)c1ccc(C)c(C)c1. The lowest BCUT2D eigenvalue weighted by Gasteiger charge is -2.04. The van der Waals surface area contributed by atoms with E-state index >= 15 is 0 Å². The van der Waals surface area contributed by atoms with Gasteiger partial charge in [-0.05, 0) is 31.0 Å². The van der Waals surface area contributed by atoms with Crippen molar-refractivity contribution in [3.05, 3.63) is 71.8 Å². The summed E-state index contributed by atoms with van der Waals surface area (Å²) in [6, 6.07) is 5.69. The van der Waals surface area contributed by atoms with Crippen LogP contribution in [0.25, 0.3) is 0 Å². The van der Waals surface area contributed by atoms with Crippen LogP contribution >= 0.6 is 0 Å². The Morgan fingerprint density at radius 1 is 1.19 bits per heavy atom. The number of hydrogen-bond acceptors (Lipinski definition) is 1. The molecule has 1 aromatic carbocycles. The zero-order valence-corrected chi connectivity index (χ0v) is 9.79. The molecule has 1 nitrogen and oxygen atoms in total. The summed E-state index contributed by atoms with van der Waals surface area (Å²) in [5.74, 6) is -0.0157. The molecule has 0 spiro atoms. The van der Waals surface area contributed by atoms with Gasteiger partial charge < -0.3 is 0 Å². The number of Topliss-reactive ketones (excluding diaryl/α,β-unsaturated/α-hetero) is 1. The second kappa shape index (κ2) is 5.26. The Hall–Kier alpha value is -1.89. The molecule has 0 atom stereocenters. The number of carbonyl (C=O) groups is 1. The predicted octanol–water partition coefficient (Wildman–Crippen LogP) is 3.78. The summed E-state index contributed by atoms with van der Waals surface area (Å²) >= 11 is 0. The number of rotatable bonds is 4. The van der Waals surface area contributed by atoms with Crippen molar-refractivity contribution < 1.29 is 4.79 Å². The third-order valence-electron chi connectivity index (χ3n) is 2.55. The lowest BCUT2D eigenvalue weighted by Crippen LogP contribution is -2.02. The van der Waals surface area contributed by atoms with Crippen molar-refractivity contribution in [2.24, 2.45) is 0 Å². The number of aryl methyl sites for hydroxylation is 2. The largest absolute Gasteiger partial charge is 0.289 e. The van der Waals surface area contributed by atoms with Crippen molar-refractivity contribution in [3.63, 3.8) is 0 Å². The van der Waals surface area contributed by atoms with Crippen LogP contribution in [0.15, 0.2) is 55.2 Å². The van der Waals surface area contributed by atoms with E-state index in [0.29, 0.717) is 11.1 Å². The molecule has 0 aliphatic rings. The van der Waals surface area contributed by atoms with Crippen molar-refractivity contribution in [2.75, 3.05) is 0 Å². The van der Waals surface area contributed by atoms with Crippen LogP contribution in [0.1, 0.15) is 21.5 Å². The molecule has 0 N–H and O–H groups in total. The van der Waals surface area contributed by atoms with Crippen molar-refractivity contribution >= 4 is 5.78 Å². The third-order valence-corrected chi connectivity index (χ3v) is 2.55. The fourth-order valence-electron chi connectivity index (χ4n) is 1.41. The van der Waals surface area contributed by atoms with Gasteiger partial charge >= 0.3 is 0 Å². The van der Waals surface area contributed by atoms with Crippen LogP contribution in [0.3, 0.4) is 0 Å². The summed E-state index contributed by atoms with van der Waals surface area (Å²) in [5.41, 5.74) is 3.56. The van der Waals surface area contributed by atoms with E-state index in [9.17, 15) is 4.79 Å². The second-order valence-electron chi connectivity index (χ2n) is 3.69. The van der Waals surface area contributed by atoms with E-state index in [2.05, 4.69) is 13.2 Å². The molecule has 0 fully saturated rings. The highest BCUT2D eigenvalue weighted by Gasteiger charge is 2.09. The predicted molar refractivity (Wildman–Crippen MR) is 68.7 cm³/mol. The Kier molecular flexibility index (Phi) is 4.01. The van der Waals surface area contributed by atoms with Crippen molar-refractivity contribution in [2.45, 2.75) is 13.8 Å². The summed E-state index contributed by atoms with van der Waals surface area (Å²) in [4.78, 5) is 12.0. The van der Waals surface area contributed by atoms with E-state index in [4.69, 9.17) is 0 Å². The molecule has 0 aliphatic carbocycles. The minimum atomic E-state index is -0.0157. The molecule has 1 aromatic rings. The maximum Gasteiger partial charge on any atom is 0.193 e. The molecular weight excluding hydrogens is 196 g/mol. The molecule has 0 amide bonds. The first-order chi connectivity index (χ1) is 7.60. The Labute approximate surface area is 96.8 Å². The molecule has 0 aliphatic heterocycles. The van der Waals surface area contributed by atoms with Crippen molar-refractivity contribution in [1.29, 1.82) is 0 Å². The summed E-state index contributed by atoms with van der Waals surface area (Å²) < 4.78 is 0. The molecule has 82 valence electrons. The standard InChI is InChI=1S/C15H16O/c1-5-7-13(6-2)15(16)14-9-8-11(3)12(4)10-14/h5-10H,1-2H2,3-4H3/b13-7+. The van der Waals surface area contributed by atoms with E-state index in [1.54, 1.807) is 18.2 Å². The maximum absolute atomic E-state index is 12.0. The Balaban J connectivity index is 3.14. The van der Waals surface area contributed by atoms with Gasteiger partial charge in [0.2, 0.25) is 0 Å². The van der Waals surface area contributed by atoms with Crippen LogP contribution < -0.4 is 0 Å². The number of benzene rings is 1. The molecule has 1 heteroatoms. The molecule has 0 heterocycles. The fraction of sp³-hybridized carbons (Fsp3) is 0.133. The molecule has 0 unspecified atom stereocenters. The average molecular weight is 212 g/mol. The Morgan fingerprint density at radius 3 is 2.38 bits per heavy atom. The van der Waals surface area contributed by atoms with E-state index in [-0.39, 0.29) is 5.78 Å². The normalized spacial score (nSPS) is 11.0. The lowest BCUT2D eigenvalue weighted by atomic mass is 9.99. The Morgan fingerprint density at radius 2 is 1.88 bits per heavy atom. The molecule has 0 saturated carbocycles. The third kappa shape index (κ3) is 2.57. The second-order valence-corrected chi connectivity index (χ2v) is 3.69. The number of ketones is 1. The van der Waals surface area contributed by atoms with E-state index in [1.807, 2.05) is 32.0 Å². The smallest absolute Gasteiger partial charge is 0.193 e. The zero-order valence-electron chi connectivity index (χ0n) is 9.79. The van der Waals surface area contributed by atoms with Crippen molar-refractivity contribution in [1.82, 2.24) is 0 Å². The number of carbonyl (C=O) groups excluding carboxylic acids is 1. The lowest BCUT2D eigenvalue weighted by molar-refractivity contribution is 0.103. The first kappa shape index (κ1) is 12.2. The fourth-order valence-corrected chi connectivity index (χ4v) is 1.41. The van der Waals surface area contributed by atoms with Gasteiger partial charge in [-0.2, -0.15) is 0 Å². The maximum atomic E-state index is 12.0. The van der Waals surface area contributed by atoms with Crippen LogP contribution in [0.5, 0.6) is 0 Å². The van der Waals surface area contributed by atoms with Gasteiger partial charge in [0, 0.05) is 11.1 Å². The monoisotopic (exact) mass is 212 g/mol. The molecule has 16 heavy (non-hydrogen) atoms. The summed E-state index contributed by atoms with van der Waals surface area (Å²) in [5, 5.41) is 0. The summed E-state index contributed by atoms with van der Waals surface area (Å²) in [6.45, 7) is 11.2. The summed E-state index contributed by atoms with van der Waals surface area (Å²) in [7, 11) is 0. The van der Waals surface area contributed by atoms with E-state index in [1.165, 1.54) is 5.56 Å². The van der Waals surface area contributed by atoms with Crippen LogP contribution in [0, 0.1) is 13.8 Å². The quantitative estimate of drug-likeness (QED) is 0.421. The van der Waals surface area contributed by atoms with Gasteiger partial charge in [0.15, 0.2) is 5.78 Å². The Bertz CT molecular complexity index is 464. The van der Waals surface area contributed by atoms with Gasteiger partial charge in [-0.1, -0.05) is 43.5 Å². The minimum absolute atomic E-state index is 0.0157. The highest BCUT2D eigenvalue weighted by atomic mass is 16.1. The van der Waals surface area contributed by atoms with Crippen LogP contribution in [0.4, 0.5) is 0 Å². The first-order valence-corrected chi connectivity index (χ1v) is 5.17. The van der Waals surface area contributed by atoms with Gasteiger partial charge in [-0.15, -0.1) is 0 Å². The highest BCUT2D eigenvalue weighted by molar-refractivity contribution is 6.10. The molecule has 1 rings (SSSR count). The molecule has 0 radical (unpaired) electrons. The molecule has 0 aromatic heterocycles. The van der Waals surface area contributed by atoms with Gasteiger partial charge in [0.05, 0.1) is 0 Å². The summed E-state index contributed by atoms with van der Waals surface area (Å²) in [6.07, 6.45) is 4.82. The van der Waals surface area contributed by atoms with E-state index < -0.39 is 0 Å². The number of hydrogen-bond donors (Lipinski definition) is 0. The molecular formula is C15H16O. The highest BCUT2D eigenvalue weighted by Crippen LogP contribution is 2.14. The number of allylic oxidation sites excluding steroid dienone is 4. The van der Waals surface area contributed by atoms with Crippen LogP contribution in [0.2, 0.25) is 0 Å². The average Bonchev–Trinajstić information content (AvgIpc) is 2.28. The zero-order chi connectivity index (χ0) is 12.1. The molecule has 0 bridgehead atoms. The topological polar surface area (TPSA) is 17.1 Å². The minimum Gasteiger partial charge on any atom is -0.289 e. The van der Waals surface area contributed by atoms with Crippen LogP contribution in [-0.2, 0) is 0 Å². The first-order valence-electron chi connectivity index (χ1n) is 5.17. The van der Waals surface area contributed by atoms with Gasteiger partial charge in [-0.25, -0.2) is 0 Å². The van der Waals surface area contributed by atoms with Gasteiger partial charge in [-0.3, -0.25) is 4.79 Å². The van der Waals surface area contributed by atoms with Gasteiger partial charge in [0.1, 0.15) is 0 Å². The van der Waals surface area contributed by atoms with Crippen LogP contribution in [-0.4, -0.2) is 5.78 Å². The van der Waals surface area contributed by atoms with Gasteiger partial charge in [0.25, 0.3) is 0 Å². The van der Waals surface area contributed by atoms with E-state index in [0.717, 1.165) is 5.56 Å².